The molecule has 3 heterocycles. The molecule has 0 aliphatic heterocycles. The molecule has 20 heteroatoms. The van der Waals surface area contributed by atoms with Crippen LogP contribution in [0.1, 0.15) is 129 Å². The first-order valence-electron chi connectivity index (χ1n) is 19.9. The van der Waals surface area contributed by atoms with Gasteiger partial charge in [-0.3, -0.25) is 23.7 Å². The van der Waals surface area contributed by atoms with Crippen LogP contribution in [0.3, 0.4) is 0 Å². The number of hydrogen-bond donors (Lipinski definition) is 5. The maximum absolute atomic E-state index is 13.2. The normalized spacial score (nSPS) is 12.4. The molecule has 0 fully saturated rings. The lowest BCUT2D eigenvalue weighted by Crippen LogP contribution is -2.33. The van der Waals surface area contributed by atoms with Gasteiger partial charge in [0.15, 0.2) is 5.82 Å². The van der Waals surface area contributed by atoms with Gasteiger partial charge >= 0.3 is 6.09 Å². The third-order valence-electron chi connectivity index (χ3n) is 8.92. The fourth-order valence-electron chi connectivity index (χ4n) is 5.96. The molecule has 0 aliphatic rings. The molecule has 3 aromatic heterocycles. The molecule has 1 unspecified atom stereocenters. The van der Waals surface area contributed by atoms with Gasteiger partial charge in [-0.25, -0.2) is 9.78 Å². The molecule has 1 atom stereocenters. The summed E-state index contributed by atoms with van der Waals surface area (Å²) in [6.45, 7) is 6.22. The van der Waals surface area contributed by atoms with Gasteiger partial charge in [-0.15, -0.1) is 0 Å². The molecule has 0 radical (unpaired) electrons. The number of rotatable bonds is 25. The number of alkyl carbamates (subject to hydrolysis) is 1. The van der Waals surface area contributed by atoms with Gasteiger partial charge in [-0.2, -0.15) is 0 Å². The number of nitrogens with one attached hydrogen (secondary N) is 5. The van der Waals surface area contributed by atoms with Crippen LogP contribution in [0.5, 0.6) is 0 Å². The Labute approximate surface area is 345 Å². The van der Waals surface area contributed by atoms with Crippen molar-refractivity contribution < 1.29 is 47.2 Å². The van der Waals surface area contributed by atoms with Crippen molar-refractivity contribution in [1.82, 2.24) is 29.3 Å². The second-order valence-corrected chi connectivity index (χ2v) is 16.8. The highest BCUT2D eigenvalue weighted by Gasteiger charge is 2.20. The molecule has 0 saturated heterocycles. The zero-order chi connectivity index (χ0) is 43.6. The number of aryl methyl sites for hydroxylation is 3. The molecule has 0 spiro atoms. The summed E-state index contributed by atoms with van der Waals surface area (Å²) in [4.78, 5) is 78.8. The number of carbonyl (C=O) groups is 5. The van der Waals surface area contributed by atoms with Gasteiger partial charge in [0, 0.05) is 66.4 Å². The van der Waals surface area contributed by atoms with Crippen molar-refractivity contribution >= 4 is 54.7 Å². The molecule has 5 N–H and O–H groups in total. The number of unbranched alkanes of at least 4 members (excludes halogenated alkanes) is 9. The van der Waals surface area contributed by atoms with Crippen LogP contribution in [0, 0.1) is 0 Å². The Morgan fingerprint density at radius 3 is 1.80 bits per heavy atom. The highest BCUT2D eigenvalue weighted by molar-refractivity contribution is 7.45. The van der Waals surface area contributed by atoms with Gasteiger partial charge in [0.05, 0.1) is 18.0 Å². The standard InChI is InChI=1S/C39H62N9O10P/c1-39(2,3)58-38(53)41-21-18-19-33(49)44-32-27-48(6)34(45-32)37(52)43-29-24-31(47(5)26-29)36(51)42-28-23-30(46(4)25-28)35(50)40-20-16-14-12-10-8-9-11-13-15-17-22-57-59(54,55)56-7/h23-27H,8-22H2,1-7H3,(H,40,50)(H,41,53)(H,42,51)(H,43,52)(H,44,49)(H,54,55)/p-1. The first-order chi connectivity index (χ1) is 27.9. The zero-order valence-corrected chi connectivity index (χ0v) is 36.2. The van der Waals surface area contributed by atoms with Crippen molar-refractivity contribution in [2.75, 3.05) is 42.8 Å². The monoisotopic (exact) mass is 846 g/mol. The number of nitrogens with zero attached hydrogens (tertiary/aromatic N) is 4. The number of phosphoric acid groups is 1. The Morgan fingerprint density at radius 1 is 0.695 bits per heavy atom. The number of ether oxygens (including phenoxy) is 1. The first kappa shape index (κ1) is 48.4. The molecule has 0 aromatic carbocycles. The van der Waals surface area contributed by atoms with E-state index in [4.69, 9.17) is 9.26 Å². The van der Waals surface area contributed by atoms with Crippen molar-refractivity contribution in [2.24, 2.45) is 21.1 Å². The van der Waals surface area contributed by atoms with E-state index in [-0.39, 0.29) is 48.7 Å². The summed E-state index contributed by atoms with van der Waals surface area (Å²) in [5.41, 5.74) is 0.816. The van der Waals surface area contributed by atoms with Crippen molar-refractivity contribution in [2.45, 2.75) is 103 Å². The van der Waals surface area contributed by atoms with Gasteiger partial charge in [0.25, 0.3) is 25.5 Å². The summed E-state index contributed by atoms with van der Waals surface area (Å²) in [5.74, 6) is -1.37. The molecule has 59 heavy (non-hydrogen) atoms. The van der Waals surface area contributed by atoms with Crippen molar-refractivity contribution in [3.8, 4) is 0 Å². The molecular formula is C39H61N9O10P-. The lowest BCUT2D eigenvalue weighted by Gasteiger charge is -2.19. The van der Waals surface area contributed by atoms with E-state index in [1.165, 1.54) is 16.8 Å². The second-order valence-electron chi connectivity index (χ2n) is 15.3. The molecular weight excluding hydrogens is 785 g/mol. The third-order valence-corrected chi connectivity index (χ3v) is 9.86. The van der Waals surface area contributed by atoms with Crippen LogP contribution in [0.15, 0.2) is 30.7 Å². The summed E-state index contributed by atoms with van der Waals surface area (Å²) in [7, 11) is 1.96. The average Bonchev–Trinajstić information content (AvgIpc) is 3.83. The van der Waals surface area contributed by atoms with Gasteiger partial charge < -0.3 is 59.0 Å². The van der Waals surface area contributed by atoms with Gasteiger partial charge in [-0.05, 0) is 52.2 Å². The van der Waals surface area contributed by atoms with E-state index in [1.54, 1.807) is 69.5 Å². The maximum atomic E-state index is 13.2. The van der Waals surface area contributed by atoms with E-state index in [1.807, 2.05) is 0 Å². The number of aromatic nitrogens is 4. The maximum Gasteiger partial charge on any atom is 0.407 e. The average molecular weight is 847 g/mol. The van der Waals surface area contributed by atoms with Crippen LogP contribution in [0.25, 0.3) is 0 Å². The number of carbonyl (C=O) groups excluding carboxylic acids is 5. The fraction of sp³-hybridized carbons (Fsp3) is 0.590. The lowest BCUT2D eigenvalue weighted by atomic mass is 10.1. The Morgan fingerprint density at radius 2 is 1.22 bits per heavy atom. The number of hydrogen-bond acceptors (Lipinski definition) is 11. The number of imidazole rings is 1. The van der Waals surface area contributed by atoms with E-state index in [2.05, 4.69) is 36.1 Å². The number of phosphoric ester groups is 1. The molecule has 3 rings (SSSR count). The van der Waals surface area contributed by atoms with E-state index >= 15 is 0 Å². The Kier molecular flexibility index (Phi) is 19.3. The van der Waals surface area contributed by atoms with Crippen LogP contribution >= 0.6 is 7.82 Å². The lowest BCUT2D eigenvalue weighted by molar-refractivity contribution is -0.223. The predicted molar refractivity (Wildman–Crippen MR) is 221 cm³/mol. The van der Waals surface area contributed by atoms with Crippen molar-refractivity contribution in [3.05, 3.63) is 47.9 Å². The highest BCUT2D eigenvalue weighted by Crippen LogP contribution is 2.36. The molecule has 3 aromatic rings. The van der Waals surface area contributed by atoms with Crippen LogP contribution in [-0.4, -0.2) is 80.8 Å². The van der Waals surface area contributed by atoms with Gasteiger partial charge in [0.2, 0.25) is 11.7 Å². The van der Waals surface area contributed by atoms with E-state index in [0.29, 0.717) is 36.5 Å². The molecule has 328 valence electrons. The molecule has 19 nitrogen and oxygen atoms in total. The fourth-order valence-corrected chi connectivity index (χ4v) is 6.42. The Hall–Kier alpha value is -4.97. The summed E-state index contributed by atoms with van der Waals surface area (Å²) in [6.07, 6.45) is 14.7. The van der Waals surface area contributed by atoms with Crippen LogP contribution < -0.4 is 31.5 Å². The summed E-state index contributed by atoms with van der Waals surface area (Å²) < 4.78 is 29.9. The van der Waals surface area contributed by atoms with Crippen LogP contribution in [0.2, 0.25) is 0 Å². The second kappa shape index (κ2) is 23.6. The van der Waals surface area contributed by atoms with E-state index in [0.717, 1.165) is 64.9 Å². The number of anilines is 3. The van der Waals surface area contributed by atoms with Gasteiger partial charge in [-0.1, -0.05) is 51.4 Å². The predicted octanol–water partition coefficient (Wildman–Crippen LogP) is 5.61. The topological polar surface area (TPSA) is 241 Å². The van der Waals surface area contributed by atoms with Crippen LogP contribution in [-0.2, 0) is 44.3 Å². The van der Waals surface area contributed by atoms with Crippen molar-refractivity contribution in [1.29, 1.82) is 0 Å². The van der Waals surface area contributed by atoms with Crippen molar-refractivity contribution in [3.63, 3.8) is 0 Å². The molecule has 0 aliphatic carbocycles. The zero-order valence-electron chi connectivity index (χ0n) is 35.3. The first-order valence-corrected chi connectivity index (χ1v) is 21.4. The minimum atomic E-state index is -4.12. The number of amides is 5. The minimum absolute atomic E-state index is 0.0292. The van der Waals surface area contributed by atoms with E-state index < -0.39 is 31.3 Å². The molecule has 0 bridgehead atoms. The quantitative estimate of drug-likeness (QED) is 0.0519. The summed E-state index contributed by atoms with van der Waals surface area (Å²) >= 11 is 0. The molecule has 5 amide bonds. The van der Waals surface area contributed by atoms with E-state index in [9.17, 15) is 33.4 Å². The molecule has 0 saturated carbocycles. The SMILES string of the molecule is COP(=O)([O-])OCCCCCCCCCCCCNC(=O)c1cc(NC(=O)c2cc(NC(=O)c3nc(NC(=O)CCCNC(=O)OC(C)(C)C)cn3C)cn2C)cn1C. The Balaban J connectivity index is 1.35. The summed E-state index contributed by atoms with van der Waals surface area (Å²) in [5, 5.41) is 13.7. The highest BCUT2D eigenvalue weighted by atomic mass is 31.2. The van der Waals surface area contributed by atoms with Gasteiger partial charge in [0.1, 0.15) is 17.0 Å². The minimum Gasteiger partial charge on any atom is -0.756 e. The largest absolute Gasteiger partial charge is 0.756 e. The Bertz CT molecular complexity index is 1910. The smallest absolute Gasteiger partial charge is 0.407 e. The van der Waals surface area contributed by atoms with Crippen LogP contribution in [0.4, 0.5) is 22.0 Å². The third kappa shape index (κ3) is 17.8. The summed E-state index contributed by atoms with van der Waals surface area (Å²) in [6, 6.07) is 3.12.